The summed E-state index contributed by atoms with van der Waals surface area (Å²) in [5.41, 5.74) is 1.93. The number of benzene rings is 2. The van der Waals surface area contributed by atoms with Crippen molar-refractivity contribution >= 4 is 34.4 Å². The zero-order chi connectivity index (χ0) is 20.4. The van der Waals surface area contributed by atoms with Crippen LogP contribution in [0.4, 0.5) is 0 Å². The van der Waals surface area contributed by atoms with Crippen LogP contribution in [0.5, 0.6) is 0 Å². The van der Waals surface area contributed by atoms with E-state index in [0.29, 0.717) is 36.5 Å². The number of hydrogen-bond acceptors (Lipinski definition) is 3. The number of aromatic nitrogens is 2. The molecule has 0 saturated carbocycles. The largest absolute Gasteiger partial charge is 0.343 e. The fraction of sp³-hybridized carbons (Fsp3) is 0.286. The van der Waals surface area contributed by atoms with Gasteiger partial charge in [0.05, 0.1) is 28.2 Å². The lowest BCUT2D eigenvalue weighted by Gasteiger charge is -2.32. The first kappa shape index (κ1) is 19.3. The number of amides is 2. The number of rotatable bonds is 4. The van der Waals surface area contributed by atoms with Crippen molar-refractivity contribution in [2.75, 3.05) is 19.6 Å². The summed E-state index contributed by atoms with van der Waals surface area (Å²) in [6.07, 6.45) is 1.37. The van der Waals surface area contributed by atoms with Crippen LogP contribution < -0.4 is 11.0 Å². The summed E-state index contributed by atoms with van der Waals surface area (Å²) in [6.45, 7) is 0.997. The van der Waals surface area contributed by atoms with E-state index in [1.807, 2.05) is 24.3 Å². The van der Waals surface area contributed by atoms with E-state index < -0.39 is 0 Å². The molecule has 29 heavy (non-hydrogen) atoms. The smallest absolute Gasteiger partial charge is 0.326 e. The topological polar surface area (TPSA) is 87.2 Å². The van der Waals surface area contributed by atoms with E-state index >= 15 is 0 Å². The molecule has 3 aromatic rings. The quantitative estimate of drug-likeness (QED) is 0.690. The van der Waals surface area contributed by atoms with Crippen molar-refractivity contribution in [1.82, 2.24) is 19.8 Å². The first-order valence-electron chi connectivity index (χ1n) is 9.54. The van der Waals surface area contributed by atoms with E-state index in [-0.39, 0.29) is 30.1 Å². The van der Waals surface area contributed by atoms with E-state index in [4.69, 9.17) is 11.6 Å². The summed E-state index contributed by atoms with van der Waals surface area (Å²) in [5, 5.41) is 2.98. The van der Waals surface area contributed by atoms with Crippen LogP contribution in [0.2, 0.25) is 5.02 Å². The fourth-order valence-electron chi connectivity index (χ4n) is 3.82. The van der Waals surface area contributed by atoms with Gasteiger partial charge in [0.25, 0.3) is 5.91 Å². The Labute approximate surface area is 172 Å². The third-order valence-electron chi connectivity index (χ3n) is 5.32. The van der Waals surface area contributed by atoms with Crippen LogP contribution in [0.15, 0.2) is 53.3 Å². The molecule has 0 unspecified atom stereocenters. The minimum Gasteiger partial charge on any atom is -0.343 e. The first-order chi connectivity index (χ1) is 14.0. The molecule has 1 aliphatic heterocycles. The lowest BCUT2D eigenvalue weighted by Crippen LogP contribution is -2.45. The molecule has 1 aliphatic rings. The van der Waals surface area contributed by atoms with Gasteiger partial charge in [-0.3, -0.25) is 14.2 Å². The normalized spacial score (nSPS) is 14.9. The second-order valence-corrected chi connectivity index (χ2v) is 7.50. The molecule has 4 rings (SSSR count). The number of para-hydroxylation sites is 2. The Morgan fingerprint density at radius 1 is 1.07 bits per heavy atom. The lowest BCUT2D eigenvalue weighted by atomic mass is 10.0. The number of aromatic amines is 1. The molecule has 2 N–H and O–H groups in total. The predicted molar refractivity (Wildman–Crippen MR) is 111 cm³/mol. The maximum atomic E-state index is 12.5. The number of carbonyl (C=O) groups is 2. The Kier molecular flexibility index (Phi) is 5.40. The third kappa shape index (κ3) is 3.91. The minimum absolute atomic E-state index is 0.0421. The van der Waals surface area contributed by atoms with Gasteiger partial charge in [0.2, 0.25) is 5.91 Å². The summed E-state index contributed by atoms with van der Waals surface area (Å²) in [5.74, 6) is -0.515. The number of piperidine rings is 1. The second-order valence-electron chi connectivity index (χ2n) is 7.09. The van der Waals surface area contributed by atoms with Gasteiger partial charge in [0, 0.05) is 19.1 Å². The molecule has 2 aromatic carbocycles. The zero-order valence-corrected chi connectivity index (χ0v) is 16.5. The van der Waals surface area contributed by atoms with Gasteiger partial charge >= 0.3 is 5.69 Å². The van der Waals surface area contributed by atoms with Gasteiger partial charge in [0.15, 0.2) is 0 Å². The number of carbonyl (C=O) groups excluding carboxylic acids is 2. The number of imidazole rings is 1. The Morgan fingerprint density at radius 2 is 1.76 bits per heavy atom. The van der Waals surface area contributed by atoms with Crippen LogP contribution in [0, 0.1) is 0 Å². The van der Waals surface area contributed by atoms with E-state index in [9.17, 15) is 14.4 Å². The number of likely N-dealkylation sites (tertiary alicyclic amines) is 1. The summed E-state index contributed by atoms with van der Waals surface area (Å²) >= 11 is 6.02. The van der Waals surface area contributed by atoms with Gasteiger partial charge in [-0.2, -0.15) is 0 Å². The number of halogens is 1. The van der Waals surface area contributed by atoms with E-state index in [0.717, 1.165) is 11.0 Å². The van der Waals surface area contributed by atoms with Crippen molar-refractivity contribution in [2.24, 2.45) is 0 Å². The maximum absolute atomic E-state index is 12.5. The van der Waals surface area contributed by atoms with Crippen molar-refractivity contribution in [3.63, 3.8) is 0 Å². The molecule has 8 heteroatoms. The van der Waals surface area contributed by atoms with Crippen molar-refractivity contribution in [3.8, 4) is 0 Å². The molecule has 0 radical (unpaired) electrons. The number of fused-ring (bicyclic) bond motifs is 1. The van der Waals surface area contributed by atoms with Crippen molar-refractivity contribution in [2.45, 2.75) is 18.9 Å². The van der Waals surface area contributed by atoms with Crippen molar-refractivity contribution < 1.29 is 9.59 Å². The Hall–Kier alpha value is -3.06. The Bertz CT molecular complexity index is 1110. The molecule has 2 heterocycles. The van der Waals surface area contributed by atoms with Crippen LogP contribution in [0.1, 0.15) is 29.2 Å². The molecule has 0 bridgehead atoms. The van der Waals surface area contributed by atoms with Crippen LogP contribution in [-0.2, 0) is 4.79 Å². The lowest BCUT2D eigenvalue weighted by molar-refractivity contribution is -0.131. The van der Waals surface area contributed by atoms with Crippen LogP contribution in [0.3, 0.4) is 0 Å². The summed E-state index contributed by atoms with van der Waals surface area (Å²) in [6, 6.07) is 14.4. The van der Waals surface area contributed by atoms with Crippen molar-refractivity contribution in [1.29, 1.82) is 0 Å². The van der Waals surface area contributed by atoms with Gasteiger partial charge < -0.3 is 15.2 Å². The van der Waals surface area contributed by atoms with Gasteiger partial charge in [-0.05, 0) is 37.1 Å². The highest BCUT2D eigenvalue weighted by Crippen LogP contribution is 2.24. The van der Waals surface area contributed by atoms with Gasteiger partial charge in [-0.15, -0.1) is 0 Å². The van der Waals surface area contributed by atoms with Gasteiger partial charge in [-0.25, -0.2) is 4.79 Å². The number of nitrogens with zero attached hydrogens (tertiary/aromatic N) is 2. The Balaban J connectivity index is 1.35. The number of H-pyrrole nitrogens is 1. The molecule has 1 saturated heterocycles. The maximum Gasteiger partial charge on any atom is 0.326 e. The van der Waals surface area contributed by atoms with Crippen molar-refractivity contribution in [3.05, 3.63) is 69.6 Å². The highest BCUT2D eigenvalue weighted by molar-refractivity contribution is 6.33. The molecular formula is C21H21ClN4O3. The van der Waals surface area contributed by atoms with E-state index in [2.05, 4.69) is 10.3 Å². The summed E-state index contributed by atoms with van der Waals surface area (Å²) < 4.78 is 1.79. The second kappa shape index (κ2) is 8.13. The molecular weight excluding hydrogens is 392 g/mol. The average Bonchev–Trinajstić information content (AvgIpc) is 3.08. The highest BCUT2D eigenvalue weighted by atomic mass is 35.5. The molecule has 0 aliphatic carbocycles. The van der Waals surface area contributed by atoms with Gasteiger partial charge in [-0.1, -0.05) is 35.9 Å². The van der Waals surface area contributed by atoms with E-state index in [1.165, 1.54) is 0 Å². The average molecular weight is 413 g/mol. The molecule has 150 valence electrons. The molecule has 0 atom stereocenters. The Morgan fingerprint density at radius 3 is 2.52 bits per heavy atom. The monoisotopic (exact) mass is 412 g/mol. The molecule has 7 nitrogen and oxygen atoms in total. The minimum atomic E-state index is -0.371. The standard InChI is InChI=1S/C21H21ClN4O3/c22-16-6-2-1-5-15(16)20(28)23-13-19(27)25-11-9-14(10-12-25)26-18-8-4-3-7-17(18)24-21(26)29/h1-8,14H,9-13H2,(H,23,28)(H,24,29). The predicted octanol–water partition coefficient (Wildman–Crippen LogP) is 2.58. The molecule has 0 spiro atoms. The highest BCUT2D eigenvalue weighted by Gasteiger charge is 2.26. The van der Waals surface area contributed by atoms with Gasteiger partial charge in [0.1, 0.15) is 0 Å². The molecule has 1 fully saturated rings. The summed E-state index contributed by atoms with van der Waals surface area (Å²) in [7, 11) is 0. The molecule has 2 amide bonds. The number of hydrogen-bond donors (Lipinski definition) is 2. The van der Waals surface area contributed by atoms with E-state index in [1.54, 1.807) is 33.7 Å². The fourth-order valence-corrected chi connectivity index (χ4v) is 4.04. The summed E-state index contributed by atoms with van der Waals surface area (Å²) in [4.78, 5) is 41.7. The SMILES string of the molecule is O=C(NCC(=O)N1CCC(n2c(=O)[nH]c3ccccc32)CC1)c1ccccc1Cl. The number of nitrogens with one attached hydrogen (secondary N) is 2. The first-order valence-corrected chi connectivity index (χ1v) is 9.92. The molecule has 1 aromatic heterocycles. The third-order valence-corrected chi connectivity index (χ3v) is 5.65. The van der Waals surface area contributed by atoms with Crippen LogP contribution in [-0.4, -0.2) is 45.9 Å². The van der Waals surface area contributed by atoms with Crippen LogP contribution in [0.25, 0.3) is 11.0 Å². The zero-order valence-electron chi connectivity index (χ0n) is 15.7. The van der Waals surface area contributed by atoms with Crippen LogP contribution >= 0.6 is 11.6 Å².